The number of hydrogen-bond acceptors (Lipinski definition) is 1. The second kappa shape index (κ2) is 5.76. The van der Waals surface area contributed by atoms with E-state index in [2.05, 4.69) is 18.2 Å². The lowest BCUT2D eigenvalue weighted by molar-refractivity contribution is 0.0984. The van der Waals surface area contributed by atoms with Crippen LogP contribution in [0.1, 0.15) is 23.1 Å². The highest BCUT2D eigenvalue weighted by Crippen LogP contribution is 2.29. The zero-order valence-corrected chi connectivity index (χ0v) is 11.4. The molecular formula is C18H19FO. The average molecular weight is 270 g/mol. The predicted octanol–water partition coefficient (Wildman–Crippen LogP) is 3.53. The van der Waals surface area contributed by atoms with Crippen molar-refractivity contribution in [2.45, 2.75) is 31.8 Å². The Hall–Kier alpha value is -1.67. The van der Waals surface area contributed by atoms with Crippen LogP contribution in [0.25, 0.3) is 0 Å². The Bertz CT molecular complexity index is 593. The van der Waals surface area contributed by atoms with Gasteiger partial charge < -0.3 is 5.11 Å². The Balaban J connectivity index is 1.70. The van der Waals surface area contributed by atoms with Crippen molar-refractivity contribution in [3.63, 3.8) is 0 Å². The zero-order valence-electron chi connectivity index (χ0n) is 11.4. The minimum Gasteiger partial charge on any atom is -0.392 e. The van der Waals surface area contributed by atoms with Crippen molar-refractivity contribution in [2.24, 2.45) is 5.92 Å². The summed E-state index contributed by atoms with van der Waals surface area (Å²) in [6.45, 7) is 0. The summed E-state index contributed by atoms with van der Waals surface area (Å²) in [6, 6.07) is 15.1. The molecule has 2 heteroatoms. The molecule has 0 amide bonds. The third-order valence-corrected chi connectivity index (χ3v) is 4.32. The molecule has 0 heterocycles. The van der Waals surface area contributed by atoms with Gasteiger partial charge in [0, 0.05) is 6.42 Å². The molecule has 1 aliphatic carbocycles. The Morgan fingerprint density at radius 2 is 1.75 bits per heavy atom. The summed E-state index contributed by atoms with van der Waals surface area (Å²) >= 11 is 0. The van der Waals surface area contributed by atoms with Crippen LogP contribution in [-0.4, -0.2) is 11.2 Å². The molecule has 2 aromatic rings. The lowest BCUT2D eigenvalue weighted by atomic mass is 9.79. The van der Waals surface area contributed by atoms with Gasteiger partial charge in [-0.1, -0.05) is 42.5 Å². The number of halogens is 1. The van der Waals surface area contributed by atoms with Gasteiger partial charge in [0.2, 0.25) is 0 Å². The van der Waals surface area contributed by atoms with Crippen LogP contribution in [0.3, 0.4) is 0 Å². The molecule has 20 heavy (non-hydrogen) atoms. The van der Waals surface area contributed by atoms with Gasteiger partial charge in [-0.25, -0.2) is 4.39 Å². The predicted molar refractivity (Wildman–Crippen MR) is 78.1 cm³/mol. The van der Waals surface area contributed by atoms with Crippen LogP contribution >= 0.6 is 0 Å². The summed E-state index contributed by atoms with van der Waals surface area (Å²) < 4.78 is 13.6. The van der Waals surface area contributed by atoms with Crippen LogP contribution in [0, 0.1) is 11.7 Å². The van der Waals surface area contributed by atoms with Gasteiger partial charge in [0.05, 0.1) is 6.10 Å². The fourth-order valence-electron chi connectivity index (χ4n) is 3.11. The van der Waals surface area contributed by atoms with Gasteiger partial charge in [-0.2, -0.15) is 0 Å². The number of hydrogen-bond donors (Lipinski definition) is 1. The van der Waals surface area contributed by atoms with Crippen LogP contribution in [0.15, 0.2) is 48.5 Å². The number of fused-ring (bicyclic) bond motifs is 1. The molecule has 2 atom stereocenters. The Morgan fingerprint density at radius 3 is 2.55 bits per heavy atom. The topological polar surface area (TPSA) is 20.2 Å². The largest absolute Gasteiger partial charge is 0.392 e. The first-order chi connectivity index (χ1) is 9.74. The molecule has 0 saturated heterocycles. The Labute approximate surface area is 119 Å². The van der Waals surface area contributed by atoms with Crippen LogP contribution < -0.4 is 0 Å². The highest BCUT2D eigenvalue weighted by Gasteiger charge is 2.25. The molecule has 1 aliphatic rings. The SMILES string of the molecule is OC(Cc1ccccc1F)C1CCc2ccccc2C1. The summed E-state index contributed by atoms with van der Waals surface area (Å²) in [4.78, 5) is 0. The molecule has 0 aromatic heterocycles. The fraction of sp³-hybridized carbons (Fsp3) is 0.333. The van der Waals surface area contributed by atoms with Crippen molar-refractivity contribution in [3.05, 3.63) is 71.0 Å². The first-order valence-corrected chi connectivity index (χ1v) is 7.22. The van der Waals surface area contributed by atoms with E-state index < -0.39 is 6.10 Å². The van der Waals surface area contributed by atoms with E-state index in [1.807, 2.05) is 12.1 Å². The Morgan fingerprint density at radius 1 is 1.05 bits per heavy atom. The summed E-state index contributed by atoms with van der Waals surface area (Å²) in [6.07, 6.45) is 2.81. The van der Waals surface area contributed by atoms with Gasteiger partial charge in [-0.05, 0) is 47.9 Å². The number of benzene rings is 2. The maximum atomic E-state index is 13.6. The number of rotatable bonds is 3. The molecule has 104 valence electrons. The summed E-state index contributed by atoms with van der Waals surface area (Å²) in [5.41, 5.74) is 3.33. The molecule has 1 nitrogen and oxygen atoms in total. The van der Waals surface area contributed by atoms with Crippen molar-refractivity contribution in [3.8, 4) is 0 Å². The molecule has 0 spiro atoms. The van der Waals surface area contributed by atoms with E-state index in [1.54, 1.807) is 12.1 Å². The lowest BCUT2D eigenvalue weighted by Crippen LogP contribution is -2.28. The average Bonchev–Trinajstić information content (AvgIpc) is 2.49. The normalized spacial score (nSPS) is 19.4. The highest BCUT2D eigenvalue weighted by atomic mass is 19.1. The van der Waals surface area contributed by atoms with E-state index in [-0.39, 0.29) is 11.7 Å². The zero-order chi connectivity index (χ0) is 13.9. The van der Waals surface area contributed by atoms with E-state index >= 15 is 0 Å². The third-order valence-electron chi connectivity index (χ3n) is 4.32. The molecule has 0 fully saturated rings. The summed E-state index contributed by atoms with van der Waals surface area (Å²) in [5, 5.41) is 10.4. The van der Waals surface area contributed by atoms with Crippen molar-refractivity contribution in [1.29, 1.82) is 0 Å². The van der Waals surface area contributed by atoms with Gasteiger partial charge in [0.25, 0.3) is 0 Å². The molecule has 3 rings (SSSR count). The second-order valence-electron chi connectivity index (χ2n) is 5.63. The molecule has 1 N–H and O–H groups in total. The van der Waals surface area contributed by atoms with Gasteiger partial charge in [0.15, 0.2) is 0 Å². The molecule has 2 aromatic carbocycles. The second-order valence-corrected chi connectivity index (χ2v) is 5.63. The number of aryl methyl sites for hydroxylation is 1. The van der Waals surface area contributed by atoms with Crippen LogP contribution in [0.5, 0.6) is 0 Å². The molecule has 0 saturated carbocycles. The van der Waals surface area contributed by atoms with E-state index in [0.717, 1.165) is 19.3 Å². The monoisotopic (exact) mass is 270 g/mol. The fourth-order valence-corrected chi connectivity index (χ4v) is 3.11. The van der Waals surface area contributed by atoms with E-state index in [4.69, 9.17) is 0 Å². The first-order valence-electron chi connectivity index (χ1n) is 7.22. The molecule has 0 radical (unpaired) electrons. The van der Waals surface area contributed by atoms with Crippen molar-refractivity contribution >= 4 is 0 Å². The molecule has 0 bridgehead atoms. The van der Waals surface area contributed by atoms with Crippen LogP contribution in [0.2, 0.25) is 0 Å². The van der Waals surface area contributed by atoms with Gasteiger partial charge in [-0.3, -0.25) is 0 Å². The van der Waals surface area contributed by atoms with Gasteiger partial charge in [0.1, 0.15) is 5.82 Å². The van der Waals surface area contributed by atoms with Crippen molar-refractivity contribution in [1.82, 2.24) is 0 Å². The van der Waals surface area contributed by atoms with E-state index in [9.17, 15) is 9.50 Å². The van der Waals surface area contributed by atoms with E-state index in [0.29, 0.717) is 12.0 Å². The minimum atomic E-state index is -0.472. The quantitative estimate of drug-likeness (QED) is 0.904. The van der Waals surface area contributed by atoms with Gasteiger partial charge in [-0.15, -0.1) is 0 Å². The minimum absolute atomic E-state index is 0.220. The maximum Gasteiger partial charge on any atom is 0.126 e. The highest BCUT2D eigenvalue weighted by molar-refractivity contribution is 5.30. The molecule has 2 unspecified atom stereocenters. The van der Waals surface area contributed by atoms with E-state index in [1.165, 1.54) is 17.2 Å². The summed E-state index contributed by atoms with van der Waals surface area (Å²) in [7, 11) is 0. The summed E-state index contributed by atoms with van der Waals surface area (Å²) in [5.74, 6) is 0.00673. The molecule has 0 aliphatic heterocycles. The van der Waals surface area contributed by atoms with Crippen LogP contribution in [0.4, 0.5) is 4.39 Å². The molecular weight excluding hydrogens is 251 g/mol. The maximum absolute atomic E-state index is 13.6. The Kier molecular flexibility index (Phi) is 3.83. The van der Waals surface area contributed by atoms with Crippen LogP contribution in [-0.2, 0) is 19.3 Å². The van der Waals surface area contributed by atoms with Gasteiger partial charge >= 0.3 is 0 Å². The number of aliphatic hydroxyl groups is 1. The third kappa shape index (κ3) is 2.75. The lowest BCUT2D eigenvalue weighted by Gasteiger charge is -2.28. The smallest absolute Gasteiger partial charge is 0.126 e. The van der Waals surface area contributed by atoms with Crippen molar-refractivity contribution < 1.29 is 9.50 Å². The van der Waals surface area contributed by atoms with Crippen molar-refractivity contribution in [2.75, 3.05) is 0 Å². The standard InChI is InChI=1S/C18H19FO/c19-17-8-4-3-7-15(17)12-18(20)16-10-9-13-5-1-2-6-14(13)11-16/h1-8,16,18,20H,9-12H2. The first kappa shape index (κ1) is 13.3. The number of aliphatic hydroxyl groups excluding tert-OH is 1.